The first kappa shape index (κ1) is 11.7. The van der Waals surface area contributed by atoms with Gasteiger partial charge in [0.25, 0.3) is 0 Å². The van der Waals surface area contributed by atoms with Crippen LogP contribution in [0.4, 0.5) is 0 Å². The van der Waals surface area contributed by atoms with Gasteiger partial charge in [-0.05, 0) is 37.8 Å². The summed E-state index contributed by atoms with van der Waals surface area (Å²) in [6.45, 7) is 0. The van der Waals surface area contributed by atoms with Crippen LogP contribution in [0, 0.1) is 0 Å². The predicted octanol–water partition coefficient (Wildman–Crippen LogP) is 4.08. The molecule has 0 aliphatic heterocycles. The van der Waals surface area contributed by atoms with Gasteiger partial charge < -0.3 is 4.74 Å². The van der Waals surface area contributed by atoms with Gasteiger partial charge in [0.15, 0.2) is 0 Å². The van der Waals surface area contributed by atoms with Gasteiger partial charge in [0.2, 0.25) is 0 Å². The Bertz CT molecular complexity index is 282. The second-order valence-corrected chi connectivity index (χ2v) is 3.86. The molecule has 1 aliphatic carbocycles. The van der Waals surface area contributed by atoms with Crippen LogP contribution < -0.4 is 4.74 Å². The van der Waals surface area contributed by atoms with Crippen LogP contribution in [-0.4, -0.2) is 6.10 Å². The zero-order chi connectivity index (χ0) is 9.10. The average Bonchev–Trinajstić information content (AvgIpc) is 2.61. The predicted molar refractivity (Wildman–Crippen MR) is 61.6 cm³/mol. The molecule has 78 valence electrons. The highest BCUT2D eigenvalue weighted by Gasteiger charge is 2.17. The van der Waals surface area contributed by atoms with Crippen molar-refractivity contribution < 1.29 is 4.74 Å². The highest BCUT2D eigenvalue weighted by molar-refractivity contribution is 6.32. The van der Waals surface area contributed by atoms with Crippen LogP contribution >= 0.6 is 24.0 Å². The maximum absolute atomic E-state index is 5.98. The Kier molecular flexibility index (Phi) is 4.56. The molecule has 1 aromatic carbocycles. The number of halogens is 2. The van der Waals surface area contributed by atoms with E-state index in [-0.39, 0.29) is 12.4 Å². The highest BCUT2D eigenvalue weighted by Crippen LogP contribution is 2.28. The summed E-state index contributed by atoms with van der Waals surface area (Å²) in [7, 11) is 0. The summed E-state index contributed by atoms with van der Waals surface area (Å²) >= 11 is 5.98. The zero-order valence-electron chi connectivity index (χ0n) is 7.91. The summed E-state index contributed by atoms with van der Waals surface area (Å²) in [5.74, 6) is 0.830. The SMILES string of the molecule is Cl.Clc1ccccc1OC1CCCC1. The molecule has 0 N–H and O–H groups in total. The van der Waals surface area contributed by atoms with E-state index in [1.54, 1.807) is 0 Å². The van der Waals surface area contributed by atoms with Crippen molar-refractivity contribution in [1.82, 2.24) is 0 Å². The molecule has 14 heavy (non-hydrogen) atoms. The molecule has 1 saturated carbocycles. The minimum absolute atomic E-state index is 0. The molecule has 0 amide bonds. The van der Waals surface area contributed by atoms with Crippen LogP contribution in [0.1, 0.15) is 25.7 Å². The van der Waals surface area contributed by atoms with Crippen LogP contribution in [0.3, 0.4) is 0 Å². The Balaban J connectivity index is 0.000000980. The maximum atomic E-state index is 5.98. The maximum Gasteiger partial charge on any atom is 0.138 e. The van der Waals surface area contributed by atoms with Gasteiger partial charge in [-0.3, -0.25) is 0 Å². The molecule has 0 unspecified atom stereocenters. The van der Waals surface area contributed by atoms with Gasteiger partial charge in [0.1, 0.15) is 5.75 Å². The first-order valence-electron chi connectivity index (χ1n) is 4.77. The van der Waals surface area contributed by atoms with Crippen LogP contribution in [0.15, 0.2) is 24.3 Å². The van der Waals surface area contributed by atoms with Gasteiger partial charge in [0, 0.05) is 0 Å². The Hall–Kier alpha value is -0.400. The van der Waals surface area contributed by atoms with Crippen LogP contribution in [0.25, 0.3) is 0 Å². The minimum atomic E-state index is 0. The molecule has 1 nitrogen and oxygen atoms in total. The third-order valence-electron chi connectivity index (χ3n) is 2.43. The summed E-state index contributed by atoms with van der Waals surface area (Å²) in [5, 5.41) is 0.717. The fourth-order valence-corrected chi connectivity index (χ4v) is 1.91. The minimum Gasteiger partial charge on any atom is -0.489 e. The van der Waals surface area contributed by atoms with Crippen molar-refractivity contribution in [1.29, 1.82) is 0 Å². The third kappa shape index (κ3) is 2.79. The van der Waals surface area contributed by atoms with Crippen molar-refractivity contribution in [3.05, 3.63) is 29.3 Å². The monoisotopic (exact) mass is 232 g/mol. The molecule has 1 fully saturated rings. The van der Waals surface area contributed by atoms with Crippen molar-refractivity contribution in [2.75, 3.05) is 0 Å². The third-order valence-corrected chi connectivity index (χ3v) is 2.74. The molecule has 0 spiro atoms. The Labute approximate surface area is 95.8 Å². The zero-order valence-corrected chi connectivity index (χ0v) is 9.48. The van der Waals surface area contributed by atoms with Gasteiger partial charge in [-0.25, -0.2) is 0 Å². The second-order valence-electron chi connectivity index (χ2n) is 3.45. The fraction of sp³-hybridized carbons (Fsp3) is 0.455. The molecule has 2 rings (SSSR count). The summed E-state index contributed by atoms with van der Waals surface area (Å²) in [5.41, 5.74) is 0. The first-order valence-corrected chi connectivity index (χ1v) is 5.15. The molecule has 0 radical (unpaired) electrons. The van der Waals surface area contributed by atoms with Crippen molar-refractivity contribution in [3.8, 4) is 5.75 Å². The van der Waals surface area contributed by atoms with Crippen LogP contribution in [0.5, 0.6) is 5.75 Å². The van der Waals surface area contributed by atoms with E-state index in [1.807, 2.05) is 24.3 Å². The van der Waals surface area contributed by atoms with E-state index in [0.717, 1.165) is 10.8 Å². The Morgan fingerprint density at radius 1 is 1.14 bits per heavy atom. The molecule has 1 aromatic rings. The van der Waals surface area contributed by atoms with E-state index in [4.69, 9.17) is 16.3 Å². The van der Waals surface area contributed by atoms with Gasteiger partial charge in [-0.15, -0.1) is 12.4 Å². The van der Waals surface area contributed by atoms with Crippen molar-refractivity contribution in [2.24, 2.45) is 0 Å². The summed E-state index contributed by atoms with van der Waals surface area (Å²) < 4.78 is 5.77. The Morgan fingerprint density at radius 3 is 2.43 bits per heavy atom. The van der Waals surface area contributed by atoms with E-state index >= 15 is 0 Å². The van der Waals surface area contributed by atoms with Crippen molar-refractivity contribution in [2.45, 2.75) is 31.8 Å². The van der Waals surface area contributed by atoms with Crippen LogP contribution in [0.2, 0.25) is 5.02 Å². The lowest BCUT2D eigenvalue weighted by molar-refractivity contribution is 0.210. The largest absolute Gasteiger partial charge is 0.489 e. The number of rotatable bonds is 2. The second kappa shape index (κ2) is 5.47. The molecule has 0 bridgehead atoms. The lowest BCUT2D eigenvalue weighted by Gasteiger charge is -2.13. The quantitative estimate of drug-likeness (QED) is 0.747. The molecular weight excluding hydrogens is 219 g/mol. The topological polar surface area (TPSA) is 9.23 Å². The van der Waals surface area contributed by atoms with E-state index in [2.05, 4.69) is 0 Å². The van der Waals surface area contributed by atoms with E-state index < -0.39 is 0 Å². The lowest BCUT2D eigenvalue weighted by Crippen LogP contribution is -2.10. The number of para-hydroxylation sites is 1. The Morgan fingerprint density at radius 2 is 1.79 bits per heavy atom. The van der Waals surface area contributed by atoms with E-state index in [0.29, 0.717) is 6.10 Å². The van der Waals surface area contributed by atoms with E-state index in [1.165, 1.54) is 25.7 Å². The molecule has 3 heteroatoms. The van der Waals surface area contributed by atoms with Gasteiger partial charge in [-0.2, -0.15) is 0 Å². The smallest absolute Gasteiger partial charge is 0.138 e. The molecule has 1 aliphatic rings. The van der Waals surface area contributed by atoms with Gasteiger partial charge >= 0.3 is 0 Å². The van der Waals surface area contributed by atoms with Gasteiger partial charge in [0.05, 0.1) is 11.1 Å². The fourth-order valence-electron chi connectivity index (χ4n) is 1.73. The highest BCUT2D eigenvalue weighted by atomic mass is 35.5. The molecule has 0 heterocycles. The van der Waals surface area contributed by atoms with Crippen LogP contribution in [-0.2, 0) is 0 Å². The summed E-state index contributed by atoms with van der Waals surface area (Å²) in [6, 6.07) is 7.67. The van der Waals surface area contributed by atoms with E-state index in [9.17, 15) is 0 Å². The average molecular weight is 233 g/mol. The number of hydrogen-bond donors (Lipinski definition) is 0. The summed E-state index contributed by atoms with van der Waals surface area (Å²) in [4.78, 5) is 0. The first-order chi connectivity index (χ1) is 6.36. The number of hydrogen-bond acceptors (Lipinski definition) is 1. The molecule has 0 saturated heterocycles. The van der Waals surface area contributed by atoms with Crippen molar-refractivity contribution >= 4 is 24.0 Å². The molecule has 0 aromatic heterocycles. The molecular formula is C11H14Cl2O. The molecule has 0 atom stereocenters. The number of benzene rings is 1. The number of ether oxygens (including phenoxy) is 1. The lowest BCUT2D eigenvalue weighted by atomic mass is 10.3. The van der Waals surface area contributed by atoms with Gasteiger partial charge in [-0.1, -0.05) is 23.7 Å². The normalized spacial score (nSPS) is 16.4. The summed E-state index contributed by atoms with van der Waals surface area (Å²) in [6.07, 6.45) is 5.31. The standard InChI is InChI=1S/C11H13ClO.ClH/c12-10-7-3-4-8-11(10)13-9-5-1-2-6-9;/h3-4,7-9H,1-2,5-6H2;1H. The van der Waals surface area contributed by atoms with Crippen molar-refractivity contribution in [3.63, 3.8) is 0 Å².